The second-order valence-corrected chi connectivity index (χ2v) is 19.4. The molecule has 0 fully saturated rings. The molecule has 0 spiro atoms. The third-order valence-electron chi connectivity index (χ3n) is 9.20. The van der Waals surface area contributed by atoms with Crippen LogP contribution < -0.4 is 0 Å². The fourth-order valence-corrected chi connectivity index (χ4v) is 12.6. The third-order valence-corrected chi connectivity index (χ3v) is 15.0. The van der Waals surface area contributed by atoms with E-state index in [1.807, 2.05) is 0 Å². The van der Waals surface area contributed by atoms with Crippen LogP contribution >= 0.6 is 15.1 Å². The number of unbranched alkanes of at least 4 members (excludes halogenated alkanes) is 22. The maximum Gasteiger partial charge on any atom is 0.358 e. The molecule has 0 aromatic carbocycles. The minimum atomic E-state index is -3.50. The predicted octanol–water partition coefficient (Wildman–Crippen LogP) is 13.7. The van der Waals surface area contributed by atoms with Crippen LogP contribution in [0.2, 0.25) is 0 Å². The Morgan fingerprint density at radius 2 is 0.775 bits per heavy atom. The molecule has 1 atom stereocenters. The van der Waals surface area contributed by atoms with Crippen molar-refractivity contribution in [2.75, 3.05) is 20.0 Å². The molecule has 1 unspecified atom stereocenters. The molecule has 3 nitrogen and oxygen atoms in total. The smallest absolute Gasteiger partial charge is 0.322 e. The maximum absolute atomic E-state index is 12.4. The summed E-state index contributed by atoms with van der Waals surface area (Å²) in [5, 5.41) is 0.0904. The van der Waals surface area contributed by atoms with Gasteiger partial charge in [0.2, 0.25) is 0 Å². The van der Waals surface area contributed by atoms with Crippen LogP contribution in [-0.2, 0) is 8.88 Å². The van der Waals surface area contributed by atoms with Crippen LogP contribution in [0, 0.1) is 0 Å². The van der Waals surface area contributed by atoms with Gasteiger partial charge in [0.15, 0.2) is 7.49 Å². The van der Waals surface area contributed by atoms with E-state index in [4.69, 9.17) is 4.31 Å². The number of rotatable bonds is 31. The summed E-state index contributed by atoms with van der Waals surface area (Å²) in [5.41, 5.74) is 0. The van der Waals surface area contributed by atoms with Crippen LogP contribution in [0.15, 0.2) is 0 Å². The molecule has 0 aliphatic rings. The molecule has 0 amide bonds. The molecule has 0 saturated carbocycles. The van der Waals surface area contributed by atoms with Crippen molar-refractivity contribution in [2.24, 2.45) is 0 Å². The van der Waals surface area contributed by atoms with Crippen LogP contribution in [0.4, 0.5) is 0 Å². The summed E-state index contributed by atoms with van der Waals surface area (Å²) in [4.78, 5) is 10.2. The Hall–Kier alpha value is 0.580. The van der Waals surface area contributed by atoms with Gasteiger partial charge >= 0.3 is 7.60 Å². The third kappa shape index (κ3) is 22.2. The lowest BCUT2D eigenvalue weighted by Crippen LogP contribution is -2.32. The Kier molecular flexibility index (Phi) is 26.4. The Bertz CT molecular complexity index is 559. The van der Waals surface area contributed by atoms with Crippen molar-refractivity contribution in [3.63, 3.8) is 0 Å². The average molecular weight is 606 g/mol. The Balaban J connectivity index is 4.54. The van der Waals surface area contributed by atoms with Gasteiger partial charge in [-0.15, -0.1) is 0 Å². The second-order valence-electron chi connectivity index (χ2n) is 13.5. The Labute approximate surface area is 254 Å². The highest BCUT2D eigenvalue weighted by atomic mass is 31.3. The molecule has 0 heterocycles. The molecule has 0 aromatic heterocycles. The molecule has 1 N–H and O–H groups in total. The van der Waals surface area contributed by atoms with E-state index in [1.165, 1.54) is 161 Å². The zero-order valence-corrected chi connectivity index (χ0v) is 30.2. The monoisotopic (exact) mass is 606 g/mol. The largest absolute Gasteiger partial charge is 0.358 e. The Morgan fingerprint density at radius 3 is 1.02 bits per heavy atom. The van der Waals surface area contributed by atoms with E-state index >= 15 is 0 Å². The number of hydrogen-bond donors (Lipinski definition) is 1. The van der Waals surface area contributed by atoms with Crippen molar-refractivity contribution < 1.29 is 13.8 Å². The van der Waals surface area contributed by atoms with E-state index in [0.29, 0.717) is 0 Å². The van der Waals surface area contributed by atoms with E-state index in [2.05, 4.69) is 34.1 Å². The molecule has 0 bridgehead atoms. The summed E-state index contributed by atoms with van der Waals surface area (Å²) in [6, 6.07) is 0. The second kappa shape index (κ2) is 26.0. The van der Waals surface area contributed by atoms with Gasteiger partial charge in [-0.2, -0.15) is 4.31 Å². The summed E-state index contributed by atoms with van der Waals surface area (Å²) < 4.78 is 18.5. The van der Waals surface area contributed by atoms with Crippen molar-refractivity contribution >= 4 is 15.1 Å². The van der Waals surface area contributed by atoms with Crippen molar-refractivity contribution in [3.8, 4) is 0 Å². The molecule has 5 heteroatoms. The molecule has 40 heavy (non-hydrogen) atoms. The standard InChI is InChI=1S/C35H74O3P2/c1-7-10-12-14-16-18-20-22-24-26-28-30-33-35(32-9-3,39(4,5)38-40(6,36)37)34-31-29-27-25-23-21-19-17-15-13-11-8-2/h7-34H2,1-6H3/p+1. The topological polar surface area (TPSA) is 46.5 Å². The van der Waals surface area contributed by atoms with Crippen molar-refractivity contribution in [2.45, 2.75) is 206 Å². The minimum absolute atomic E-state index is 0.0904. The van der Waals surface area contributed by atoms with Gasteiger partial charge in [-0.1, -0.05) is 168 Å². The van der Waals surface area contributed by atoms with Crippen LogP contribution in [0.1, 0.15) is 201 Å². The summed E-state index contributed by atoms with van der Waals surface area (Å²) >= 11 is 0. The number of hydrogen-bond acceptors (Lipinski definition) is 2. The first-order valence-electron chi connectivity index (χ1n) is 18.0. The van der Waals surface area contributed by atoms with Crippen LogP contribution in [-0.4, -0.2) is 30.0 Å². The van der Waals surface area contributed by atoms with Gasteiger partial charge in [-0.25, -0.2) is 0 Å². The van der Waals surface area contributed by atoms with E-state index in [0.717, 1.165) is 25.7 Å². The first-order valence-corrected chi connectivity index (χ1v) is 22.6. The van der Waals surface area contributed by atoms with Gasteiger partial charge in [0.1, 0.15) is 5.16 Å². The van der Waals surface area contributed by atoms with Crippen molar-refractivity contribution in [1.82, 2.24) is 0 Å². The van der Waals surface area contributed by atoms with Gasteiger partial charge in [-0.3, -0.25) is 4.57 Å². The molecule has 0 aliphatic carbocycles. The van der Waals surface area contributed by atoms with Gasteiger partial charge < -0.3 is 4.89 Å². The molecule has 0 rings (SSSR count). The van der Waals surface area contributed by atoms with Crippen molar-refractivity contribution in [3.05, 3.63) is 0 Å². The highest BCUT2D eigenvalue weighted by Gasteiger charge is 2.54. The van der Waals surface area contributed by atoms with Crippen LogP contribution in [0.25, 0.3) is 0 Å². The van der Waals surface area contributed by atoms with Gasteiger partial charge in [-0.05, 0) is 32.1 Å². The molecular formula is C35H75O3P2+. The van der Waals surface area contributed by atoms with E-state index < -0.39 is 15.1 Å². The maximum atomic E-state index is 12.4. The lowest BCUT2D eigenvalue weighted by atomic mass is 9.89. The molecule has 0 aromatic rings. The molecule has 0 radical (unpaired) electrons. The fourth-order valence-electron chi connectivity index (χ4n) is 6.70. The minimum Gasteiger partial charge on any atom is -0.322 e. The molecular weight excluding hydrogens is 530 g/mol. The molecule has 0 aliphatic heterocycles. The van der Waals surface area contributed by atoms with Crippen molar-refractivity contribution in [1.29, 1.82) is 0 Å². The Morgan fingerprint density at radius 1 is 0.500 bits per heavy atom. The fraction of sp³-hybridized carbons (Fsp3) is 1.00. The average Bonchev–Trinajstić information content (AvgIpc) is 2.88. The van der Waals surface area contributed by atoms with E-state index in [1.54, 1.807) is 0 Å². The first-order chi connectivity index (χ1) is 19.1. The lowest BCUT2D eigenvalue weighted by molar-refractivity contribution is 0.356. The normalized spacial score (nSPS) is 14.1. The molecule has 242 valence electrons. The zero-order valence-electron chi connectivity index (χ0n) is 28.5. The van der Waals surface area contributed by atoms with Crippen LogP contribution in [0.3, 0.4) is 0 Å². The van der Waals surface area contributed by atoms with Gasteiger partial charge in [0.05, 0.1) is 13.3 Å². The lowest BCUT2D eigenvalue weighted by Gasteiger charge is -2.40. The zero-order chi connectivity index (χ0) is 30.0. The van der Waals surface area contributed by atoms with Crippen LogP contribution in [0.5, 0.6) is 0 Å². The van der Waals surface area contributed by atoms with E-state index in [-0.39, 0.29) is 5.16 Å². The summed E-state index contributed by atoms with van der Waals surface area (Å²) in [6.45, 7) is 12.7. The van der Waals surface area contributed by atoms with Gasteiger partial charge in [0, 0.05) is 6.66 Å². The quantitative estimate of drug-likeness (QED) is 0.0631. The first kappa shape index (κ1) is 40.6. The van der Waals surface area contributed by atoms with E-state index in [9.17, 15) is 9.46 Å². The summed E-state index contributed by atoms with van der Waals surface area (Å²) in [5.74, 6) is 0. The van der Waals surface area contributed by atoms with Gasteiger partial charge in [0.25, 0.3) is 0 Å². The SMILES string of the molecule is CCCCCCCCCCCCCCC(CCC)(CCCCCCCCCCCCCC)[P+](C)(C)OP(C)(=O)O. The summed E-state index contributed by atoms with van der Waals surface area (Å²) in [6.07, 6.45) is 37.4. The highest BCUT2D eigenvalue weighted by Crippen LogP contribution is 2.75. The molecule has 0 saturated heterocycles. The summed E-state index contributed by atoms with van der Waals surface area (Å²) in [7, 11) is -5.50. The predicted molar refractivity (Wildman–Crippen MR) is 185 cm³/mol. The highest BCUT2D eigenvalue weighted by molar-refractivity contribution is 7.77.